The summed E-state index contributed by atoms with van der Waals surface area (Å²) < 4.78 is 3.24. The number of pyridine rings is 1. The average Bonchev–Trinajstić information content (AvgIpc) is 3.61. The summed E-state index contributed by atoms with van der Waals surface area (Å²) in [5.74, 6) is -0.0839. The van der Waals surface area contributed by atoms with Crippen LogP contribution in [0.25, 0.3) is 22.0 Å². The molecular formula is C35H30ClN3O3. The maximum absolute atomic E-state index is 14.1. The van der Waals surface area contributed by atoms with E-state index in [0.717, 1.165) is 52.4 Å². The first-order chi connectivity index (χ1) is 20.3. The van der Waals surface area contributed by atoms with E-state index in [1.54, 1.807) is 10.9 Å². The fourth-order valence-corrected chi connectivity index (χ4v) is 6.63. The Balaban J connectivity index is 1.33. The lowest BCUT2D eigenvalue weighted by atomic mass is 9.81. The molecule has 1 unspecified atom stereocenters. The van der Waals surface area contributed by atoms with E-state index in [2.05, 4.69) is 5.10 Å². The molecule has 7 heteroatoms. The highest BCUT2D eigenvalue weighted by Gasteiger charge is 2.46. The van der Waals surface area contributed by atoms with Crippen LogP contribution in [0.3, 0.4) is 0 Å². The molecule has 0 amide bonds. The molecule has 1 atom stereocenters. The molecule has 7 rings (SSSR count). The molecule has 2 aliphatic carbocycles. The highest BCUT2D eigenvalue weighted by molar-refractivity contribution is 6.31. The average molecular weight is 576 g/mol. The van der Waals surface area contributed by atoms with E-state index in [-0.39, 0.29) is 29.0 Å². The number of carbonyl (C=O) groups is 2. The van der Waals surface area contributed by atoms with Crippen LogP contribution in [-0.4, -0.2) is 25.9 Å². The Kier molecular flexibility index (Phi) is 6.47. The van der Waals surface area contributed by atoms with Gasteiger partial charge in [-0.1, -0.05) is 54.1 Å². The lowest BCUT2D eigenvalue weighted by molar-refractivity contribution is -0.121. The molecule has 1 saturated carbocycles. The van der Waals surface area contributed by atoms with E-state index < -0.39 is 6.04 Å². The van der Waals surface area contributed by atoms with Crippen molar-refractivity contribution in [1.29, 1.82) is 0 Å². The van der Waals surface area contributed by atoms with E-state index >= 15 is 0 Å². The number of rotatable bonds is 6. The molecule has 42 heavy (non-hydrogen) atoms. The third-order valence-electron chi connectivity index (χ3n) is 8.84. The summed E-state index contributed by atoms with van der Waals surface area (Å²) in [5, 5.41) is 5.94. The lowest BCUT2D eigenvalue weighted by Gasteiger charge is -2.25. The van der Waals surface area contributed by atoms with Gasteiger partial charge in [-0.15, -0.1) is 0 Å². The highest BCUT2D eigenvalue weighted by atomic mass is 35.5. The molecule has 1 fully saturated rings. The molecule has 2 aromatic heterocycles. The molecule has 0 aliphatic heterocycles. The van der Waals surface area contributed by atoms with Crippen LogP contribution in [0.1, 0.15) is 52.4 Å². The minimum absolute atomic E-state index is 0.00909. The van der Waals surface area contributed by atoms with Crippen LogP contribution in [0.4, 0.5) is 0 Å². The molecule has 5 aromatic rings. The first-order valence-electron chi connectivity index (χ1n) is 14.3. The van der Waals surface area contributed by atoms with Gasteiger partial charge in [0.05, 0.1) is 11.6 Å². The van der Waals surface area contributed by atoms with Gasteiger partial charge in [0.1, 0.15) is 0 Å². The van der Waals surface area contributed by atoms with Crippen molar-refractivity contribution in [2.45, 2.75) is 44.6 Å². The quantitative estimate of drug-likeness (QED) is 0.230. The number of hydrogen-bond acceptors (Lipinski definition) is 4. The topological polar surface area (TPSA) is 74.0 Å². The largest absolute Gasteiger partial charge is 0.304 e. The number of Topliss-reactive ketones (excluding diaryl/α,β-unsaturated/α-hetero) is 2. The third kappa shape index (κ3) is 5.01. The van der Waals surface area contributed by atoms with Crippen molar-refractivity contribution in [3.63, 3.8) is 0 Å². The number of halogens is 1. The summed E-state index contributed by atoms with van der Waals surface area (Å²) in [5.41, 5.74) is 5.32. The van der Waals surface area contributed by atoms with Crippen LogP contribution in [0, 0.1) is 5.41 Å². The molecule has 3 aromatic carbocycles. The van der Waals surface area contributed by atoms with E-state index in [9.17, 15) is 14.4 Å². The minimum atomic E-state index is -0.776. The van der Waals surface area contributed by atoms with Crippen molar-refractivity contribution in [3.8, 4) is 11.1 Å². The summed E-state index contributed by atoms with van der Waals surface area (Å²) in [7, 11) is 1.87. The Bertz CT molecular complexity index is 1930. The Morgan fingerprint density at radius 3 is 2.50 bits per heavy atom. The third-order valence-corrected chi connectivity index (χ3v) is 9.08. The van der Waals surface area contributed by atoms with Gasteiger partial charge in [-0.05, 0) is 76.8 Å². The number of fused-ring (bicyclic) bond motifs is 4. The molecule has 0 radical (unpaired) electrons. The maximum Gasteiger partial charge on any atom is 0.251 e. The number of carbonyl (C=O) groups excluding carboxylic acids is 2. The summed E-state index contributed by atoms with van der Waals surface area (Å²) in [4.78, 5) is 41.7. The zero-order valence-corrected chi connectivity index (χ0v) is 24.1. The number of hydrogen-bond donors (Lipinski definition) is 0. The summed E-state index contributed by atoms with van der Waals surface area (Å²) in [6.07, 6.45) is 7.30. The van der Waals surface area contributed by atoms with E-state index in [4.69, 9.17) is 11.6 Å². The second-order valence-corrected chi connectivity index (χ2v) is 12.4. The van der Waals surface area contributed by atoms with Crippen LogP contribution < -0.4 is 5.56 Å². The predicted octanol–water partition coefficient (Wildman–Crippen LogP) is 6.56. The Labute approximate surface area is 248 Å². The molecule has 210 valence electrons. The van der Waals surface area contributed by atoms with Gasteiger partial charge in [-0.3, -0.25) is 19.1 Å². The van der Waals surface area contributed by atoms with E-state index in [0.29, 0.717) is 29.0 Å². The molecule has 0 N–H and O–H groups in total. The summed E-state index contributed by atoms with van der Waals surface area (Å²) in [6, 6.07) is 22.0. The first-order valence-corrected chi connectivity index (χ1v) is 14.7. The van der Waals surface area contributed by atoms with E-state index in [1.807, 2.05) is 80.0 Å². The van der Waals surface area contributed by atoms with Gasteiger partial charge in [-0.25, -0.2) is 0 Å². The molecule has 1 spiro atoms. The van der Waals surface area contributed by atoms with Crippen LogP contribution >= 0.6 is 11.6 Å². The lowest BCUT2D eigenvalue weighted by Crippen LogP contribution is -2.33. The van der Waals surface area contributed by atoms with Gasteiger partial charge in [0.2, 0.25) is 0 Å². The fraction of sp³-hybridized carbons (Fsp3) is 0.257. The van der Waals surface area contributed by atoms with Gasteiger partial charge < -0.3 is 4.57 Å². The summed E-state index contributed by atoms with van der Waals surface area (Å²) in [6.45, 7) is 0. The molecular weight excluding hydrogens is 546 g/mol. The fourth-order valence-electron chi connectivity index (χ4n) is 6.45. The van der Waals surface area contributed by atoms with Crippen LogP contribution in [0.5, 0.6) is 0 Å². The predicted molar refractivity (Wildman–Crippen MR) is 164 cm³/mol. The van der Waals surface area contributed by atoms with Crippen LogP contribution in [0.2, 0.25) is 5.02 Å². The van der Waals surface area contributed by atoms with Crippen molar-refractivity contribution in [2.75, 3.05) is 0 Å². The maximum atomic E-state index is 14.1. The Morgan fingerprint density at radius 2 is 1.71 bits per heavy atom. The van der Waals surface area contributed by atoms with E-state index in [1.165, 1.54) is 10.6 Å². The molecule has 0 bridgehead atoms. The van der Waals surface area contributed by atoms with Crippen molar-refractivity contribution in [1.82, 2.24) is 14.3 Å². The highest BCUT2D eigenvalue weighted by Crippen LogP contribution is 2.54. The number of benzene rings is 3. The zero-order valence-electron chi connectivity index (χ0n) is 23.3. The Hall–Kier alpha value is -4.29. The zero-order chi connectivity index (χ0) is 29.0. The van der Waals surface area contributed by atoms with Crippen molar-refractivity contribution < 1.29 is 9.59 Å². The number of aryl methyl sites for hydroxylation is 1. The molecule has 2 heterocycles. The van der Waals surface area contributed by atoms with Gasteiger partial charge in [0, 0.05) is 60.7 Å². The smallest absolute Gasteiger partial charge is 0.251 e. The Morgan fingerprint density at radius 1 is 0.905 bits per heavy atom. The van der Waals surface area contributed by atoms with Crippen molar-refractivity contribution in [2.24, 2.45) is 12.5 Å². The van der Waals surface area contributed by atoms with Gasteiger partial charge in [-0.2, -0.15) is 5.10 Å². The van der Waals surface area contributed by atoms with Gasteiger partial charge in [0.15, 0.2) is 11.6 Å². The monoisotopic (exact) mass is 575 g/mol. The summed E-state index contributed by atoms with van der Waals surface area (Å²) >= 11 is 6.41. The minimum Gasteiger partial charge on any atom is -0.304 e. The van der Waals surface area contributed by atoms with Crippen LogP contribution in [-0.2, 0) is 31.1 Å². The van der Waals surface area contributed by atoms with Gasteiger partial charge >= 0.3 is 0 Å². The number of aromatic nitrogens is 3. The van der Waals surface area contributed by atoms with Crippen LogP contribution in [0.15, 0.2) is 90.0 Å². The first kappa shape index (κ1) is 26.6. The molecule has 2 aliphatic rings. The second-order valence-electron chi connectivity index (χ2n) is 12.0. The van der Waals surface area contributed by atoms with Crippen molar-refractivity contribution in [3.05, 3.63) is 123 Å². The van der Waals surface area contributed by atoms with Crippen molar-refractivity contribution >= 4 is 34.1 Å². The second kappa shape index (κ2) is 10.2. The molecule has 6 nitrogen and oxygen atoms in total. The van der Waals surface area contributed by atoms with Gasteiger partial charge in [0.25, 0.3) is 5.56 Å². The SMILES string of the molecule is Cn1cc2cc(CC(=O)C(Cc3ccccc3)n3cc4c(cc3=O)-c3cc(Cl)ccc3CC3(CC3)CC4=O)ccc2n1. The molecule has 0 saturated heterocycles. The number of nitrogens with zero attached hydrogens (tertiary/aromatic N) is 3. The normalized spacial score (nSPS) is 16.0. The standard InChI is InChI=1S/C35H30ClN3O3/c1-38-20-25-13-23(7-10-30(25)37-38)15-32(40)31(14-22-5-3-2-4-6-22)39-21-29-28(17-34(39)42)27-16-26(36)9-8-24(27)18-35(11-12-35)19-33(29)41/h2-10,13,16-17,20-21,31H,11-12,14-15,18-19H2,1H3. The number of ketones is 2.